The highest BCUT2D eigenvalue weighted by Gasteiger charge is 2.38. The third kappa shape index (κ3) is 2.32. The third-order valence-corrected chi connectivity index (χ3v) is 4.21. The van der Waals surface area contributed by atoms with Crippen molar-refractivity contribution in [3.8, 4) is 5.75 Å². The molecule has 1 aromatic rings. The first-order valence-corrected chi connectivity index (χ1v) is 6.86. The molecule has 0 spiro atoms. The van der Waals surface area contributed by atoms with E-state index < -0.39 is 5.97 Å². The predicted molar refractivity (Wildman–Crippen MR) is 71.3 cm³/mol. The molecule has 102 valence electrons. The highest BCUT2D eigenvalue weighted by Crippen LogP contribution is 2.31. The van der Waals surface area contributed by atoms with Crippen molar-refractivity contribution in [2.24, 2.45) is 5.92 Å². The van der Waals surface area contributed by atoms with Gasteiger partial charge in [0.1, 0.15) is 17.9 Å². The van der Waals surface area contributed by atoms with E-state index in [0.717, 1.165) is 25.1 Å². The van der Waals surface area contributed by atoms with Crippen molar-refractivity contribution in [3.05, 3.63) is 29.8 Å². The Kier molecular flexibility index (Phi) is 3.19. The number of hydrogen-bond acceptors (Lipinski definition) is 3. The number of carboxylic acid groups (broad SMARTS) is 1. The second-order valence-corrected chi connectivity index (χ2v) is 5.60. The molecule has 4 heteroatoms. The maximum absolute atomic E-state index is 11.3. The SMILES string of the molecule is CC1CCN(CC2Cc3ccccc3O2)C1C(=O)O. The number of benzene rings is 1. The summed E-state index contributed by atoms with van der Waals surface area (Å²) in [6.07, 6.45) is 1.92. The number of carboxylic acids is 1. The van der Waals surface area contributed by atoms with Gasteiger partial charge >= 0.3 is 5.97 Å². The Hall–Kier alpha value is -1.55. The molecule has 3 unspecified atom stereocenters. The van der Waals surface area contributed by atoms with Crippen LogP contribution < -0.4 is 4.74 Å². The fraction of sp³-hybridized carbons (Fsp3) is 0.533. The molecule has 0 saturated carbocycles. The molecule has 4 nitrogen and oxygen atoms in total. The van der Waals surface area contributed by atoms with Gasteiger partial charge < -0.3 is 9.84 Å². The molecule has 3 atom stereocenters. The summed E-state index contributed by atoms with van der Waals surface area (Å²) in [5.41, 5.74) is 1.23. The molecule has 0 aromatic heterocycles. The topological polar surface area (TPSA) is 49.8 Å². The lowest BCUT2D eigenvalue weighted by atomic mass is 10.0. The summed E-state index contributed by atoms with van der Waals surface area (Å²) in [5.74, 6) is 0.466. The van der Waals surface area contributed by atoms with Gasteiger partial charge in [0.05, 0.1) is 0 Å². The monoisotopic (exact) mass is 261 g/mol. The summed E-state index contributed by atoms with van der Waals surface area (Å²) >= 11 is 0. The zero-order valence-electron chi connectivity index (χ0n) is 11.1. The van der Waals surface area contributed by atoms with Gasteiger partial charge in [-0.3, -0.25) is 9.69 Å². The normalized spacial score (nSPS) is 30.1. The zero-order chi connectivity index (χ0) is 13.4. The molecule has 0 aliphatic carbocycles. The van der Waals surface area contributed by atoms with Crippen molar-refractivity contribution in [1.29, 1.82) is 0 Å². The Labute approximate surface area is 113 Å². The fourth-order valence-electron chi connectivity index (χ4n) is 3.25. The van der Waals surface area contributed by atoms with Crippen LogP contribution in [0.5, 0.6) is 5.75 Å². The minimum Gasteiger partial charge on any atom is -0.488 e. The van der Waals surface area contributed by atoms with E-state index in [0.29, 0.717) is 6.54 Å². The second-order valence-electron chi connectivity index (χ2n) is 5.60. The first-order valence-electron chi connectivity index (χ1n) is 6.86. The van der Waals surface area contributed by atoms with Gasteiger partial charge in [-0.05, 0) is 30.5 Å². The largest absolute Gasteiger partial charge is 0.488 e. The van der Waals surface area contributed by atoms with Crippen LogP contribution in [0.2, 0.25) is 0 Å². The molecule has 0 radical (unpaired) electrons. The Bertz CT molecular complexity index is 463. The summed E-state index contributed by atoms with van der Waals surface area (Å²) in [6, 6.07) is 7.70. The molecule has 1 aromatic carbocycles. The maximum Gasteiger partial charge on any atom is 0.321 e. The summed E-state index contributed by atoms with van der Waals surface area (Å²) < 4.78 is 5.90. The van der Waals surface area contributed by atoms with E-state index in [-0.39, 0.29) is 18.1 Å². The molecular weight excluding hydrogens is 242 g/mol. The van der Waals surface area contributed by atoms with Crippen LogP contribution in [-0.2, 0) is 11.2 Å². The lowest BCUT2D eigenvalue weighted by Gasteiger charge is -2.25. The highest BCUT2D eigenvalue weighted by molar-refractivity contribution is 5.74. The Balaban J connectivity index is 1.66. The van der Waals surface area contributed by atoms with Crippen LogP contribution in [-0.4, -0.2) is 41.2 Å². The molecule has 1 saturated heterocycles. The van der Waals surface area contributed by atoms with E-state index >= 15 is 0 Å². The van der Waals surface area contributed by atoms with E-state index in [9.17, 15) is 9.90 Å². The van der Waals surface area contributed by atoms with Crippen molar-refractivity contribution in [2.45, 2.75) is 31.9 Å². The van der Waals surface area contributed by atoms with Crippen LogP contribution >= 0.6 is 0 Å². The minimum absolute atomic E-state index is 0.0875. The average molecular weight is 261 g/mol. The number of ether oxygens (including phenoxy) is 1. The number of rotatable bonds is 3. The first-order chi connectivity index (χ1) is 9.15. The number of carbonyl (C=O) groups is 1. The number of hydrogen-bond donors (Lipinski definition) is 1. The van der Waals surface area contributed by atoms with Gasteiger partial charge in [-0.2, -0.15) is 0 Å². The molecule has 0 bridgehead atoms. The maximum atomic E-state index is 11.3. The number of likely N-dealkylation sites (tertiary alicyclic amines) is 1. The van der Waals surface area contributed by atoms with Crippen molar-refractivity contribution in [3.63, 3.8) is 0 Å². The van der Waals surface area contributed by atoms with E-state index in [1.807, 2.05) is 25.1 Å². The van der Waals surface area contributed by atoms with Crippen molar-refractivity contribution in [1.82, 2.24) is 4.90 Å². The van der Waals surface area contributed by atoms with Crippen LogP contribution in [0.25, 0.3) is 0 Å². The first kappa shape index (κ1) is 12.5. The van der Waals surface area contributed by atoms with Crippen LogP contribution in [0.1, 0.15) is 18.9 Å². The highest BCUT2D eigenvalue weighted by atomic mass is 16.5. The van der Waals surface area contributed by atoms with E-state index in [4.69, 9.17) is 4.74 Å². The molecule has 1 N–H and O–H groups in total. The summed E-state index contributed by atoms with van der Waals surface area (Å²) in [6.45, 7) is 3.58. The standard InChI is InChI=1S/C15H19NO3/c1-10-6-7-16(14(10)15(17)18)9-12-8-11-4-2-3-5-13(11)19-12/h2-5,10,12,14H,6-9H2,1H3,(H,17,18). The Morgan fingerprint density at radius 2 is 2.26 bits per heavy atom. The van der Waals surface area contributed by atoms with Crippen molar-refractivity contribution in [2.75, 3.05) is 13.1 Å². The Morgan fingerprint density at radius 3 is 3.00 bits per heavy atom. The Morgan fingerprint density at radius 1 is 1.47 bits per heavy atom. The molecule has 0 amide bonds. The smallest absolute Gasteiger partial charge is 0.321 e. The zero-order valence-corrected chi connectivity index (χ0v) is 11.1. The fourth-order valence-corrected chi connectivity index (χ4v) is 3.25. The van der Waals surface area contributed by atoms with Crippen LogP contribution in [0.4, 0.5) is 0 Å². The van der Waals surface area contributed by atoms with Crippen molar-refractivity contribution >= 4 is 5.97 Å². The molecule has 2 aliphatic heterocycles. The number of fused-ring (bicyclic) bond motifs is 1. The summed E-state index contributed by atoms with van der Waals surface area (Å²) in [5, 5.41) is 9.32. The van der Waals surface area contributed by atoms with Gasteiger partial charge in [0.2, 0.25) is 0 Å². The lowest BCUT2D eigenvalue weighted by Crippen LogP contribution is -2.43. The van der Waals surface area contributed by atoms with Gasteiger partial charge in [-0.25, -0.2) is 0 Å². The molecule has 2 aliphatic rings. The van der Waals surface area contributed by atoms with Gasteiger partial charge in [0.15, 0.2) is 0 Å². The van der Waals surface area contributed by atoms with Crippen molar-refractivity contribution < 1.29 is 14.6 Å². The van der Waals surface area contributed by atoms with E-state index in [2.05, 4.69) is 11.0 Å². The van der Waals surface area contributed by atoms with Gasteiger partial charge in [-0.1, -0.05) is 25.1 Å². The summed E-state index contributed by atoms with van der Waals surface area (Å²) in [7, 11) is 0. The summed E-state index contributed by atoms with van der Waals surface area (Å²) in [4.78, 5) is 13.4. The molecule has 1 fully saturated rings. The van der Waals surface area contributed by atoms with Gasteiger partial charge in [0, 0.05) is 13.0 Å². The average Bonchev–Trinajstić information content (AvgIpc) is 2.92. The van der Waals surface area contributed by atoms with Gasteiger partial charge in [-0.15, -0.1) is 0 Å². The predicted octanol–water partition coefficient (Wildman–Crippen LogP) is 1.79. The second kappa shape index (κ2) is 4.85. The van der Waals surface area contributed by atoms with Crippen LogP contribution in [0.3, 0.4) is 0 Å². The molecule has 19 heavy (non-hydrogen) atoms. The van der Waals surface area contributed by atoms with Gasteiger partial charge in [0.25, 0.3) is 0 Å². The molecule has 3 rings (SSSR count). The van der Waals surface area contributed by atoms with Crippen LogP contribution in [0.15, 0.2) is 24.3 Å². The quantitative estimate of drug-likeness (QED) is 0.901. The van der Waals surface area contributed by atoms with E-state index in [1.54, 1.807) is 0 Å². The molecular formula is C15H19NO3. The van der Waals surface area contributed by atoms with Crippen LogP contribution in [0, 0.1) is 5.92 Å². The lowest BCUT2D eigenvalue weighted by molar-refractivity contribution is -0.143. The van der Waals surface area contributed by atoms with E-state index in [1.165, 1.54) is 5.56 Å². The number of nitrogens with zero attached hydrogens (tertiary/aromatic N) is 1. The number of para-hydroxylation sites is 1. The third-order valence-electron chi connectivity index (χ3n) is 4.21. The number of aliphatic carboxylic acids is 1. The molecule has 2 heterocycles. The minimum atomic E-state index is -0.708.